The van der Waals surface area contributed by atoms with Crippen molar-refractivity contribution in [3.05, 3.63) is 58.4 Å². The Kier molecular flexibility index (Phi) is 4.23. The van der Waals surface area contributed by atoms with Crippen molar-refractivity contribution in [2.24, 2.45) is 0 Å². The van der Waals surface area contributed by atoms with Crippen LogP contribution in [0.1, 0.15) is 20.7 Å². The summed E-state index contributed by atoms with van der Waals surface area (Å²) in [5.41, 5.74) is 0.279. The molecule has 0 radical (unpaired) electrons. The molecule has 2 aromatic carbocycles. The van der Waals surface area contributed by atoms with Crippen LogP contribution in [0.25, 0.3) is 11.1 Å². The van der Waals surface area contributed by atoms with E-state index >= 15 is 0 Å². The number of esters is 1. The summed E-state index contributed by atoms with van der Waals surface area (Å²) in [6.07, 6.45) is 0. The minimum absolute atomic E-state index is 0.0972. The maximum absolute atomic E-state index is 13.7. The third-order valence-electron chi connectivity index (χ3n) is 2.91. The molecule has 0 unspecified atom stereocenters. The smallest absolute Gasteiger partial charge is 0.339 e. The Morgan fingerprint density at radius 2 is 1.95 bits per heavy atom. The van der Waals surface area contributed by atoms with Gasteiger partial charge in [0.2, 0.25) is 0 Å². The van der Waals surface area contributed by atoms with Gasteiger partial charge in [0, 0.05) is 0 Å². The molecule has 0 aliphatic heterocycles. The highest BCUT2D eigenvalue weighted by molar-refractivity contribution is 6.33. The highest BCUT2D eigenvalue weighted by Crippen LogP contribution is 2.29. The van der Waals surface area contributed by atoms with Crippen molar-refractivity contribution in [1.82, 2.24) is 0 Å². The summed E-state index contributed by atoms with van der Waals surface area (Å²) in [4.78, 5) is 22.6. The number of aromatic carboxylic acids is 1. The lowest BCUT2D eigenvalue weighted by Crippen LogP contribution is -2.04. The average Bonchev–Trinajstić information content (AvgIpc) is 2.45. The quantitative estimate of drug-likeness (QED) is 0.879. The van der Waals surface area contributed by atoms with E-state index in [1.54, 1.807) is 0 Å². The molecular weight excluding hydrogens is 299 g/mol. The van der Waals surface area contributed by atoms with Crippen molar-refractivity contribution in [3.63, 3.8) is 0 Å². The molecule has 0 heterocycles. The molecule has 1 N–H and O–H groups in total. The number of ether oxygens (including phenoxy) is 1. The Hall–Kier alpha value is -2.40. The van der Waals surface area contributed by atoms with E-state index in [0.717, 1.165) is 6.07 Å². The lowest BCUT2D eigenvalue weighted by atomic mass is 9.98. The van der Waals surface area contributed by atoms with Gasteiger partial charge in [-0.2, -0.15) is 0 Å². The second-order valence-corrected chi connectivity index (χ2v) is 4.56. The molecule has 0 fully saturated rings. The van der Waals surface area contributed by atoms with E-state index in [4.69, 9.17) is 16.7 Å². The Morgan fingerprint density at radius 1 is 1.24 bits per heavy atom. The fourth-order valence-electron chi connectivity index (χ4n) is 1.94. The van der Waals surface area contributed by atoms with Gasteiger partial charge in [0.15, 0.2) is 0 Å². The van der Waals surface area contributed by atoms with Gasteiger partial charge in [-0.1, -0.05) is 29.8 Å². The Morgan fingerprint density at radius 3 is 2.52 bits per heavy atom. The van der Waals surface area contributed by atoms with Gasteiger partial charge in [0.05, 0.1) is 17.7 Å². The van der Waals surface area contributed by atoms with Crippen molar-refractivity contribution in [2.75, 3.05) is 7.11 Å². The summed E-state index contributed by atoms with van der Waals surface area (Å²) >= 11 is 5.98. The first-order valence-corrected chi connectivity index (χ1v) is 6.23. The molecule has 0 saturated carbocycles. The number of rotatable bonds is 3. The molecule has 0 aromatic heterocycles. The topological polar surface area (TPSA) is 63.6 Å². The lowest BCUT2D eigenvalue weighted by Gasteiger charge is -2.09. The zero-order valence-electron chi connectivity index (χ0n) is 10.9. The van der Waals surface area contributed by atoms with Gasteiger partial charge in [-0.3, -0.25) is 0 Å². The summed E-state index contributed by atoms with van der Waals surface area (Å²) in [5.74, 6) is -2.83. The Balaban J connectivity index is 2.59. The van der Waals surface area contributed by atoms with Gasteiger partial charge in [0.25, 0.3) is 0 Å². The number of carboxylic acid groups (broad SMARTS) is 1. The maximum Gasteiger partial charge on any atom is 0.339 e. The average molecular weight is 309 g/mol. The third kappa shape index (κ3) is 2.87. The monoisotopic (exact) mass is 308 g/mol. The molecule has 0 spiro atoms. The zero-order chi connectivity index (χ0) is 15.6. The predicted molar refractivity (Wildman–Crippen MR) is 75.1 cm³/mol. The van der Waals surface area contributed by atoms with Crippen LogP contribution in [-0.2, 0) is 4.74 Å². The summed E-state index contributed by atoms with van der Waals surface area (Å²) < 4.78 is 18.2. The molecule has 0 saturated heterocycles. The molecule has 4 nitrogen and oxygen atoms in total. The van der Waals surface area contributed by atoms with Crippen molar-refractivity contribution in [2.45, 2.75) is 0 Å². The molecule has 0 atom stereocenters. The van der Waals surface area contributed by atoms with Gasteiger partial charge in [-0.25, -0.2) is 14.0 Å². The molecule has 0 aliphatic carbocycles. The minimum Gasteiger partial charge on any atom is -0.478 e. The predicted octanol–water partition coefficient (Wildman–Crippen LogP) is 3.63. The van der Waals surface area contributed by atoms with Crippen molar-refractivity contribution in [3.8, 4) is 11.1 Å². The summed E-state index contributed by atoms with van der Waals surface area (Å²) in [6.45, 7) is 0. The van der Waals surface area contributed by atoms with Crippen LogP contribution < -0.4 is 0 Å². The summed E-state index contributed by atoms with van der Waals surface area (Å²) in [5, 5.41) is 9.21. The number of carbonyl (C=O) groups excluding carboxylic acids is 1. The van der Waals surface area contributed by atoms with E-state index < -0.39 is 23.3 Å². The van der Waals surface area contributed by atoms with Gasteiger partial charge < -0.3 is 9.84 Å². The number of methoxy groups -OCH3 is 1. The second-order valence-electron chi connectivity index (χ2n) is 4.15. The number of benzene rings is 2. The first-order valence-electron chi connectivity index (χ1n) is 5.85. The number of carbonyl (C=O) groups is 2. The largest absolute Gasteiger partial charge is 0.478 e. The third-order valence-corrected chi connectivity index (χ3v) is 3.23. The molecule has 0 amide bonds. The van der Waals surface area contributed by atoms with Crippen molar-refractivity contribution in [1.29, 1.82) is 0 Å². The summed E-state index contributed by atoms with van der Waals surface area (Å²) in [6, 6.07) is 8.22. The van der Waals surface area contributed by atoms with Gasteiger partial charge in [-0.15, -0.1) is 0 Å². The molecule has 21 heavy (non-hydrogen) atoms. The molecule has 2 aromatic rings. The van der Waals surface area contributed by atoms with Crippen LogP contribution in [-0.4, -0.2) is 24.2 Å². The first-order chi connectivity index (χ1) is 9.95. The number of hydrogen-bond acceptors (Lipinski definition) is 3. The SMILES string of the molecule is COC(=O)c1ccc(-c2cccc(F)c2C(=O)O)cc1Cl. The molecule has 0 aliphatic rings. The van der Waals surface area contributed by atoms with E-state index in [2.05, 4.69) is 4.74 Å². The van der Waals surface area contributed by atoms with Crippen LogP contribution in [0, 0.1) is 5.82 Å². The molecular formula is C15H10ClFO4. The standard InChI is InChI=1S/C15H10ClFO4/c1-21-15(20)10-6-5-8(7-11(10)16)9-3-2-4-12(17)13(9)14(18)19/h2-7H,1H3,(H,18,19). The maximum atomic E-state index is 13.7. The van der Waals surface area contributed by atoms with Crippen LogP contribution >= 0.6 is 11.6 Å². The van der Waals surface area contributed by atoms with Gasteiger partial charge >= 0.3 is 11.9 Å². The Labute approximate surface area is 124 Å². The zero-order valence-corrected chi connectivity index (χ0v) is 11.6. The van der Waals surface area contributed by atoms with Crippen LogP contribution in [0.15, 0.2) is 36.4 Å². The molecule has 6 heteroatoms. The van der Waals surface area contributed by atoms with E-state index in [-0.39, 0.29) is 16.1 Å². The van der Waals surface area contributed by atoms with E-state index in [0.29, 0.717) is 5.56 Å². The van der Waals surface area contributed by atoms with E-state index in [9.17, 15) is 14.0 Å². The Bertz CT molecular complexity index is 728. The van der Waals surface area contributed by atoms with E-state index in [1.165, 1.54) is 37.4 Å². The number of carboxylic acids is 1. The highest BCUT2D eigenvalue weighted by atomic mass is 35.5. The van der Waals surface area contributed by atoms with Crippen LogP contribution in [0.5, 0.6) is 0 Å². The molecule has 0 bridgehead atoms. The first kappa shape index (κ1) is 15.0. The highest BCUT2D eigenvalue weighted by Gasteiger charge is 2.18. The number of halogens is 2. The van der Waals surface area contributed by atoms with Crippen LogP contribution in [0.4, 0.5) is 4.39 Å². The van der Waals surface area contributed by atoms with Crippen molar-refractivity contribution < 1.29 is 23.8 Å². The van der Waals surface area contributed by atoms with Crippen LogP contribution in [0.3, 0.4) is 0 Å². The fraction of sp³-hybridized carbons (Fsp3) is 0.0667. The number of hydrogen-bond donors (Lipinski definition) is 1. The van der Waals surface area contributed by atoms with Crippen molar-refractivity contribution >= 4 is 23.5 Å². The fourth-order valence-corrected chi connectivity index (χ4v) is 2.20. The van der Waals surface area contributed by atoms with Crippen LogP contribution in [0.2, 0.25) is 5.02 Å². The van der Waals surface area contributed by atoms with Gasteiger partial charge in [-0.05, 0) is 29.3 Å². The lowest BCUT2D eigenvalue weighted by molar-refractivity contribution is 0.0600. The van der Waals surface area contributed by atoms with Gasteiger partial charge in [0.1, 0.15) is 11.4 Å². The molecule has 108 valence electrons. The molecule has 2 rings (SSSR count). The summed E-state index contributed by atoms with van der Waals surface area (Å²) in [7, 11) is 1.22. The van der Waals surface area contributed by atoms with E-state index in [1.807, 2.05) is 0 Å². The minimum atomic E-state index is -1.38. The second kappa shape index (κ2) is 5.93. The normalized spacial score (nSPS) is 10.2.